The molecule has 4 nitrogen and oxygen atoms in total. The van der Waals surface area contributed by atoms with Crippen molar-refractivity contribution in [3.8, 4) is 5.69 Å². The van der Waals surface area contributed by atoms with Crippen LogP contribution in [0.15, 0.2) is 41.7 Å². The third kappa shape index (κ3) is 1.94. The van der Waals surface area contributed by atoms with Crippen LogP contribution in [0.3, 0.4) is 0 Å². The molecule has 3 aromatic rings. The normalized spacial score (nSPS) is 10.9. The topological polar surface area (TPSA) is 47.8 Å². The number of fused-ring (bicyclic) bond motifs is 1. The van der Waals surface area contributed by atoms with E-state index in [2.05, 4.69) is 9.97 Å². The molecule has 7 heteroatoms. The maximum atomic E-state index is 13.6. The molecule has 0 saturated carbocycles. The van der Waals surface area contributed by atoms with E-state index in [0.717, 1.165) is 29.2 Å². The van der Waals surface area contributed by atoms with Gasteiger partial charge in [0.1, 0.15) is 23.5 Å². The molecule has 0 amide bonds. The third-order valence-electron chi connectivity index (χ3n) is 2.78. The molecule has 0 fully saturated rings. The van der Waals surface area contributed by atoms with Crippen molar-refractivity contribution in [3.05, 3.63) is 63.9 Å². The monoisotopic (exact) mass is 293 g/mol. The maximum absolute atomic E-state index is 13.6. The van der Waals surface area contributed by atoms with Crippen LogP contribution in [0, 0.1) is 11.6 Å². The molecule has 0 bridgehead atoms. The van der Waals surface area contributed by atoms with E-state index in [1.807, 2.05) is 0 Å². The lowest BCUT2D eigenvalue weighted by atomic mass is 10.2. The predicted molar refractivity (Wildman–Crippen MR) is 70.1 cm³/mol. The number of benzene rings is 1. The standard InChI is InChI=1S/C13H6ClF2N3O/c14-9-1-2-10(16)12-11(9)13(20)19(6-18-12)8-3-7(15)4-17-5-8/h1-6H. The Hall–Kier alpha value is -2.34. The van der Waals surface area contributed by atoms with Crippen LogP contribution in [0.25, 0.3) is 16.6 Å². The van der Waals surface area contributed by atoms with Gasteiger partial charge in [-0.05, 0) is 12.1 Å². The summed E-state index contributed by atoms with van der Waals surface area (Å²) in [5.74, 6) is -1.24. The Labute approximate surface area is 116 Å². The summed E-state index contributed by atoms with van der Waals surface area (Å²) in [6.07, 6.45) is 3.42. The minimum Gasteiger partial charge on any atom is -0.268 e. The Morgan fingerprint density at radius 2 is 2.00 bits per heavy atom. The van der Waals surface area contributed by atoms with Crippen LogP contribution < -0.4 is 5.56 Å². The Morgan fingerprint density at radius 3 is 2.75 bits per heavy atom. The molecule has 20 heavy (non-hydrogen) atoms. The Morgan fingerprint density at radius 1 is 1.20 bits per heavy atom. The molecule has 3 rings (SSSR count). The van der Waals surface area contributed by atoms with Crippen molar-refractivity contribution in [1.82, 2.24) is 14.5 Å². The minimum absolute atomic E-state index is 0.0570. The molecule has 0 saturated heterocycles. The summed E-state index contributed by atoms with van der Waals surface area (Å²) < 4.78 is 27.8. The van der Waals surface area contributed by atoms with E-state index < -0.39 is 17.2 Å². The van der Waals surface area contributed by atoms with Crippen molar-refractivity contribution >= 4 is 22.5 Å². The van der Waals surface area contributed by atoms with E-state index in [1.54, 1.807) is 0 Å². The van der Waals surface area contributed by atoms with Crippen molar-refractivity contribution < 1.29 is 8.78 Å². The van der Waals surface area contributed by atoms with Crippen LogP contribution in [-0.4, -0.2) is 14.5 Å². The van der Waals surface area contributed by atoms with Gasteiger partial charge < -0.3 is 0 Å². The summed E-state index contributed by atoms with van der Waals surface area (Å²) in [6, 6.07) is 3.52. The van der Waals surface area contributed by atoms with Gasteiger partial charge in [-0.25, -0.2) is 13.8 Å². The Kier molecular flexibility index (Phi) is 2.94. The van der Waals surface area contributed by atoms with E-state index in [-0.39, 0.29) is 21.6 Å². The van der Waals surface area contributed by atoms with E-state index in [1.165, 1.54) is 12.3 Å². The third-order valence-corrected chi connectivity index (χ3v) is 3.10. The summed E-state index contributed by atoms with van der Waals surface area (Å²) in [4.78, 5) is 19.8. The number of rotatable bonds is 1. The van der Waals surface area contributed by atoms with Crippen LogP contribution in [-0.2, 0) is 0 Å². The molecule has 0 aliphatic carbocycles. The highest BCUT2D eigenvalue weighted by Gasteiger charge is 2.13. The highest BCUT2D eigenvalue weighted by molar-refractivity contribution is 6.35. The molecule has 0 unspecified atom stereocenters. The van der Waals surface area contributed by atoms with Gasteiger partial charge in [0.05, 0.1) is 28.5 Å². The summed E-state index contributed by atoms with van der Waals surface area (Å²) in [6.45, 7) is 0. The zero-order chi connectivity index (χ0) is 14.3. The molecule has 0 atom stereocenters. The molecule has 0 aliphatic rings. The summed E-state index contributed by atoms with van der Waals surface area (Å²) >= 11 is 5.92. The fourth-order valence-corrected chi connectivity index (χ4v) is 2.11. The lowest BCUT2D eigenvalue weighted by Gasteiger charge is -2.07. The number of pyridine rings is 1. The van der Waals surface area contributed by atoms with Gasteiger partial charge in [-0.1, -0.05) is 11.6 Å². The maximum Gasteiger partial charge on any atom is 0.267 e. The Bertz CT molecular complexity index is 879. The fourth-order valence-electron chi connectivity index (χ4n) is 1.88. The van der Waals surface area contributed by atoms with Crippen molar-refractivity contribution in [2.24, 2.45) is 0 Å². The molecule has 1 aromatic carbocycles. The molecule has 0 aliphatic heterocycles. The zero-order valence-corrected chi connectivity index (χ0v) is 10.6. The van der Waals surface area contributed by atoms with Crippen molar-refractivity contribution in [2.45, 2.75) is 0 Å². The van der Waals surface area contributed by atoms with Crippen LogP contribution in [0.1, 0.15) is 0 Å². The average molecular weight is 294 g/mol. The number of aromatic nitrogens is 3. The van der Waals surface area contributed by atoms with Crippen molar-refractivity contribution in [3.63, 3.8) is 0 Å². The molecule has 0 radical (unpaired) electrons. The second-order valence-corrected chi connectivity index (χ2v) is 4.44. The first-order valence-corrected chi connectivity index (χ1v) is 5.92. The smallest absolute Gasteiger partial charge is 0.267 e. The van der Waals surface area contributed by atoms with Crippen LogP contribution in [0.4, 0.5) is 8.78 Å². The quantitative estimate of drug-likeness (QED) is 0.693. The van der Waals surface area contributed by atoms with Gasteiger partial charge >= 0.3 is 0 Å². The number of nitrogens with zero attached hydrogens (tertiary/aromatic N) is 3. The first-order chi connectivity index (χ1) is 9.58. The van der Waals surface area contributed by atoms with Crippen LogP contribution in [0.2, 0.25) is 5.02 Å². The highest BCUT2D eigenvalue weighted by Crippen LogP contribution is 2.21. The molecule has 0 spiro atoms. The fraction of sp³-hybridized carbons (Fsp3) is 0. The molecular formula is C13H6ClF2N3O. The van der Waals surface area contributed by atoms with E-state index in [4.69, 9.17) is 11.6 Å². The number of hydrogen-bond acceptors (Lipinski definition) is 3. The SMILES string of the molecule is O=c1c2c(Cl)ccc(F)c2ncn1-c1cncc(F)c1. The summed E-state index contributed by atoms with van der Waals surface area (Å²) in [5, 5.41) is 0.0241. The lowest BCUT2D eigenvalue weighted by Crippen LogP contribution is -2.19. The first-order valence-electron chi connectivity index (χ1n) is 5.54. The zero-order valence-electron chi connectivity index (χ0n) is 9.85. The van der Waals surface area contributed by atoms with Gasteiger partial charge in [-0.3, -0.25) is 14.3 Å². The van der Waals surface area contributed by atoms with Crippen molar-refractivity contribution in [2.75, 3.05) is 0 Å². The summed E-state index contributed by atoms with van der Waals surface area (Å²) in [7, 11) is 0. The Balaban J connectivity index is 2.38. The van der Waals surface area contributed by atoms with Gasteiger partial charge in [-0.15, -0.1) is 0 Å². The van der Waals surface area contributed by atoms with Crippen molar-refractivity contribution in [1.29, 1.82) is 0 Å². The van der Waals surface area contributed by atoms with Gasteiger partial charge in [0.25, 0.3) is 5.56 Å². The number of hydrogen-bond donors (Lipinski definition) is 0. The molecule has 0 N–H and O–H groups in total. The highest BCUT2D eigenvalue weighted by atomic mass is 35.5. The van der Waals surface area contributed by atoms with E-state index in [0.29, 0.717) is 0 Å². The van der Waals surface area contributed by atoms with Gasteiger partial charge in [0, 0.05) is 6.07 Å². The summed E-state index contributed by atoms with van der Waals surface area (Å²) in [5.41, 5.74) is -0.528. The lowest BCUT2D eigenvalue weighted by molar-refractivity contribution is 0.619. The van der Waals surface area contributed by atoms with Crippen LogP contribution >= 0.6 is 11.6 Å². The van der Waals surface area contributed by atoms with E-state index >= 15 is 0 Å². The predicted octanol–water partition coefficient (Wildman–Crippen LogP) is 2.71. The first kappa shape index (κ1) is 12.7. The average Bonchev–Trinajstić information content (AvgIpc) is 2.43. The minimum atomic E-state index is -0.647. The van der Waals surface area contributed by atoms with Crippen LogP contribution in [0.5, 0.6) is 0 Å². The van der Waals surface area contributed by atoms with E-state index in [9.17, 15) is 13.6 Å². The molecular weight excluding hydrogens is 288 g/mol. The van der Waals surface area contributed by atoms with Gasteiger partial charge in [0.2, 0.25) is 0 Å². The second kappa shape index (κ2) is 4.64. The largest absolute Gasteiger partial charge is 0.268 e. The van der Waals surface area contributed by atoms with Gasteiger partial charge in [0.15, 0.2) is 0 Å². The molecule has 2 heterocycles. The molecule has 100 valence electrons. The second-order valence-electron chi connectivity index (χ2n) is 4.03. The molecule has 2 aromatic heterocycles. The number of halogens is 3. The van der Waals surface area contributed by atoms with Gasteiger partial charge in [-0.2, -0.15) is 0 Å².